The molecule has 0 aliphatic carbocycles. The Morgan fingerprint density at radius 3 is 2.58 bits per heavy atom. The molecule has 0 saturated carbocycles. The van der Waals surface area contributed by atoms with E-state index in [9.17, 15) is 0 Å². The molecule has 4 aromatic rings. The molecule has 2 aromatic heterocycles. The van der Waals surface area contributed by atoms with E-state index in [0.29, 0.717) is 12.5 Å². The minimum Gasteiger partial charge on any atom is -0.493 e. The fourth-order valence-corrected chi connectivity index (χ4v) is 4.95. The number of hydrogen-bond donors (Lipinski definition) is 0. The molecule has 36 heavy (non-hydrogen) atoms. The molecule has 6 heteroatoms. The lowest BCUT2D eigenvalue weighted by molar-refractivity contribution is 0.198. The third kappa shape index (κ3) is 5.39. The summed E-state index contributed by atoms with van der Waals surface area (Å²) in [5.74, 6) is 2.65. The summed E-state index contributed by atoms with van der Waals surface area (Å²) in [4.78, 5) is 16.5. The Morgan fingerprint density at radius 2 is 1.81 bits per heavy atom. The van der Waals surface area contributed by atoms with Gasteiger partial charge in [-0.15, -0.1) is 0 Å². The molecule has 2 aromatic carbocycles. The van der Waals surface area contributed by atoms with Gasteiger partial charge in [-0.2, -0.15) is 0 Å². The van der Waals surface area contributed by atoms with Crippen LogP contribution < -0.4 is 9.47 Å². The maximum absolute atomic E-state index is 5.80. The van der Waals surface area contributed by atoms with Crippen LogP contribution in [0.3, 0.4) is 0 Å². The Bertz CT molecular complexity index is 1280. The van der Waals surface area contributed by atoms with Crippen molar-refractivity contribution in [2.24, 2.45) is 0 Å². The lowest BCUT2D eigenvalue weighted by Crippen LogP contribution is -2.34. The summed E-state index contributed by atoms with van der Waals surface area (Å²) >= 11 is 0. The highest BCUT2D eigenvalue weighted by Crippen LogP contribution is 2.35. The lowest BCUT2D eigenvalue weighted by Gasteiger charge is -2.33. The molecule has 0 radical (unpaired) electrons. The molecule has 0 bridgehead atoms. The van der Waals surface area contributed by atoms with Crippen LogP contribution in [0.25, 0.3) is 22.5 Å². The van der Waals surface area contributed by atoms with Crippen molar-refractivity contribution in [1.29, 1.82) is 0 Å². The second-order valence-electron chi connectivity index (χ2n) is 9.09. The fourth-order valence-electron chi connectivity index (χ4n) is 4.95. The van der Waals surface area contributed by atoms with Gasteiger partial charge in [0.2, 0.25) is 0 Å². The van der Waals surface area contributed by atoms with Crippen molar-refractivity contribution in [3.05, 3.63) is 90.5 Å². The van der Waals surface area contributed by atoms with Gasteiger partial charge in [0.15, 0.2) is 17.3 Å². The van der Waals surface area contributed by atoms with Gasteiger partial charge in [0.25, 0.3) is 0 Å². The van der Waals surface area contributed by atoms with Gasteiger partial charge in [0.1, 0.15) is 0 Å². The fraction of sp³-hybridized carbons (Fsp3) is 0.300. The van der Waals surface area contributed by atoms with Crippen LogP contribution in [0.5, 0.6) is 11.5 Å². The highest BCUT2D eigenvalue weighted by Gasteiger charge is 2.26. The number of pyridine rings is 1. The Labute approximate surface area is 213 Å². The highest BCUT2D eigenvalue weighted by atomic mass is 16.5. The first-order valence-corrected chi connectivity index (χ1v) is 12.6. The van der Waals surface area contributed by atoms with Crippen LogP contribution in [0.1, 0.15) is 36.9 Å². The van der Waals surface area contributed by atoms with Crippen LogP contribution in [-0.2, 0) is 6.54 Å². The van der Waals surface area contributed by atoms with Crippen LogP contribution >= 0.6 is 0 Å². The molecule has 1 aliphatic heterocycles. The third-order valence-electron chi connectivity index (χ3n) is 6.67. The second kappa shape index (κ2) is 11.3. The van der Waals surface area contributed by atoms with Gasteiger partial charge in [-0.1, -0.05) is 36.4 Å². The van der Waals surface area contributed by atoms with E-state index >= 15 is 0 Å². The molecule has 0 N–H and O–H groups in total. The van der Waals surface area contributed by atoms with Crippen molar-refractivity contribution in [2.75, 3.05) is 26.8 Å². The molecule has 1 unspecified atom stereocenters. The molecule has 1 saturated heterocycles. The molecule has 184 valence electrons. The average Bonchev–Trinajstić information content (AvgIpc) is 2.94. The van der Waals surface area contributed by atoms with E-state index in [2.05, 4.69) is 46.3 Å². The zero-order chi connectivity index (χ0) is 24.7. The average molecular weight is 481 g/mol. The molecule has 1 atom stereocenters. The monoisotopic (exact) mass is 480 g/mol. The number of piperidine rings is 1. The molecular formula is C30H32N4O2. The molecule has 1 aliphatic rings. The number of methoxy groups -OCH3 is 1. The van der Waals surface area contributed by atoms with Gasteiger partial charge < -0.3 is 9.47 Å². The summed E-state index contributed by atoms with van der Waals surface area (Å²) in [6.07, 6.45) is 7.80. The molecule has 5 rings (SSSR count). The Morgan fingerprint density at radius 1 is 0.972 bits per heavy atom. The minimum absolute atomic E-state index is 0.321. The van der Waals surface area contributed by atoms with E-state index in [-0.39, 0.29) is 0 Å². The SMILES string of the molecule is CCOc1cc(CN2CCCC(c3nc(-c4ccncc4)ncc3-c3ccccc3)C2)ccc1OC. The van der Waals surface area contributed by atoms with Gasteiger partial charge in [0, 0.05) is 48.7 Å². The lowest BCUT2D eigenvalue weighted by atomic mass is 9.89. The first-order valence-electron chi connectivity index (χ1n) is 12.6. The summed E-state index contributed by atoms with van der Waals surface area (Å²) in [5.41, 5.74) is 5.60. The molecule has 0 spiro atoms. The maximum Gasteiger partial charge on any atom is 0.161 e. The summed E-state index contributed by atoms with van der Waals surface area (Å²) in [7, 11) is 1.68. The summed E-state index contributed by atoms with van der Waals surface area (Å²) in [5, 5.41) is 0. The van der Waals surface area contributed by atoms with Crippen LogP contribution in [-0.4, -0.2) is 46.7 Å². The Kier molecular flexibility index (Phi) is 7.52. The number of rotatable bonds is 8. The van der Waals surface area contributed by atoms with Crippen molar-refractivity contribution >= 4 is 0 Å². The van der Waals surface area contributed by atoms with E-state index in [0.717, 1.165) is 72.2 Å². The van der Waals surface area contributed by atoms with Crippen molar-refractivity contribution in [3.8, 4) is 34.0 Å². The number of likely N-dealkylation sites (tertiary alicyclic amines) is 1. The second-order valence-corrected chi connectivity index (χ2v) is 9.09. The van der Waals surface area contributed by atoms with Crippen LogP contribution in [0.4, 0.5) is 0 Å². The summed E-state index contributed by atoms with van der Waals surface area (Å²) in [6.45, 7) is 5.48. The minimum atomic E-state index is 0.321. The van der Waals surface area contributed by atoms with E-state index in [1.807, 2.05) is 37.4 Å². The van der Waals surface area contributed by atoms with Crippen molar-refractivity contribution in [2.45, 2.75) is 32.2 Å². The first-order chi connectivity index (χ1) is 17.7. The Balaban J connectivity index is 1.43. The van der Waals surface area contributed by atoms with Gasteiger partial charge in [-0.05, 0) is 61.7 Å². The zero-order valence-corrected chi connectivity index (χ0v) is 20.9. The summed E-state index contributed by atoms with van der Waals surface area (Å²) in [6, 6.07) is 20.6. The standard InChI is InChI=1S/C30H32N4O2/c1-3-36-28-18-22(11-12-27(28)35-2)20-34-17-7-10-25(21-34)29-26(23-8-5-4-6-9-23)19-32-30(33-29)24-13-15-31-16-14-24/h4-6,8-9,11-16,18-19,25H,3,7,10,17,20-21H2,1-2H3. The largest absolute Gasteiger partial charge is 0.493 e. The Hall–Kier alpha value is -3.77. The van der Waals surface area contributed by atoms with Crippen LogP contribution in [0, 0.1) is 0 Å². The van der Waals surface area contributed by atoms with Gasteiger partial charge >= 0.3 is 0 Å². The van der Waals surface area contributed by atoms with E-state index in [1.54, 1.807) is 19.5 Å². The summed E-state index contributed by atoms with van der Waals surface area (Å²) < 4.78 is 11.3. The van der Waals surface area contributed by atoms with Crippen molar-refractivity contribution in [1.82, 2.24) is 19.9 Å². The first kappa shape index (κ1) is 23.9. The topological polar surface area (TPSA) is 60.4 Å². The number of aromatic nitrogens is 3. The van der Waals surface area contributed by atoms with Crippen molar-refractivity contribution < 1.29 is 9.47 Å². The predicted molar refractivity (Wildman–Crippen MR) is 142 cm³/mol. The van der Waals surface area contributed by atoms with E-state index in [1.165, 1.54) is 5.56 Å². The molecule has 6 nitrogen and oxygen atoms in total. The normalized spacial score (nSPS) is 16.0. The van der Waals surface area contributed by atoms with Crippen LogP contribution in [0.15, 0.2) is 79.3 Å². The molecule has 0 amide bonds. The third-order valence-corrected chi connectivity index (χ3v) is 6.67. The van der Waals surface area contributed by atoms with Gasteiger partial charge in [-0.3, -0.25) is 9.88 Å². The van der Waals surface area contributed by atoms with E-state index in [4.69, 9.17) is 19.4 Å². The van der Waals surface area contributed by atoms with Crippen molar-refractivity contribution in [3.63, 3.8) is 0 Å². The molecular weight excluding hydrogens is 448 g/mol. The zero-order valence-electron chi connectivity index (χ0n) is 20.9. The predicted octanol–water partition coefficient (Wildman–Crippen LogP) is 5.99. The maximum atomic E-state index is 5.80. The number of nitrogens with zero attached hydrogens (tertiary/aromatic N) is 4. The number of ether oxygens (including phenoxy) is 2. The smallest absolute Gasteiger partial charge is 0.161 e. The van der Waals surface area contributed by atoms with Gasteiger partial charge in [-0.25, -0.2) is 9.97 Å². The molecule has 3 heterocycles. The number of hydrogen-bond acceptors (Lipinski definition) is 6. The quantitative estimate of drug-likeness (QED) is 0.309. The molecule has 1 fully saturated rings. The van der Waals surface area contributed by atoms with Crippen LogP contribution in [0.2, 0.25) is 0 Å². The van der Waals surface area contributed by atoms with Gasteiger partial charge in [0.05, 0.1) is 19.4 Å². The highest BCUT2D eigenvalue weighted by molar-refractivity contribution is 5.67. The van der Waals surface area contributed by atoms with E-state index < -0.39 is 0 Å². The number of benzene rings is 2.